The van der Waals surface area contributed by atoms with Crippen molar-refractivity contribution in [1.82, 2.24) is 0 Å². The molecule has 0 radical (unpaired) electrons. The number of azo groups is 1. The molecule has 0 aliphatic carbocycles. The van der Waals surface area contributed by atoms with Crippen molar-refractivity contribution in [2.45, 2.75) is 39.5 Å². The van der Waals surface area contributed by atoms with E-state index in [2.05, 4.69) is 10.2 Å². The summed E-state index contributed by atoms with van der Waals surface area (Å²) in [5.74, 6) is 0.996. The van der Waals surface area contributed by atoms with Gasteiger partial charge in [-0.3, -0.25) is 9.59 Å². The Hall–Kier alpha value is -3.42. The summed E-state index contributed by atoms with van der Waals surface area (Å²) in [5.41, 5.74) is 1.39. The first-order chi connectivity index (χ1) is 15.6. The van der Waals surface area contributed by atoms with Crippen LogP contribution in [0.5, 0.6) is 11.5 Å². The second kappa shape index (κ2) is 14.6. The van der Waals surface area contributed by atoms with E-state index in [9.17, 15) is 9.59 Å². The Morgan fingerprint density at radius 3 is 1.38 bits per heavy atom. The van der Waals surface area contributed by atoms with Crippen LogP contribution in [0.15, 0.2) is 58.8 Å². The second-order valence-electron chi connectivity index (χ2n) is 6.70. The highest BCUT2D eigenvalue weighted by Crippen LogP contribution is 2.23. The summed E-state index contributed by atoms with van der Waals surface area (Å²) in [6.45, 7) is 5.25. The van der Waals surface area contributed by atoms with Gasteiger partial charge in [0.2, 0.25) is 0 Å². The first-order valence-corrected chi connectivity index (χ1v) is 10.8. The fourth-order valence-corrected chi connectivity index (χ4v) is 2.61. The summed E-state index contributed by atoms with van der Waals surface area (Å²) in [5, 5.41) is 8.43. The first kappa shape index (κ1) is 24.8. The number of benzene rings is 2. The van der Waals surface area contributed by atoms with Gasteiger partial charge in [-0.15, -0.1) is 0 Å². The lowest BCUT2D eigenvalue weighted by atomic mass is 10.3. The highest BCUT2D eigenvalue weighted by atomic mass is 16.5. The van der Waals surface area contributed by atoms with Gasteiger partial charge in [0, 0.05) is 12.8 Å². The first-order valence-electron chi connectivity index (χ1n) is 10.8. The minimum atomic E-state index is -0.208. The quantitative estimate of drug-likeness (QED) is 0.216. The minimum Gasteiger partial charge on any atom is -0.494 e. The van der Waals surface area contributed by atoms with Crippen molar-refractivity contribution in [3.8, 4) is 11.5 Å². The molecule has 0 amide bonds. The smallest absolute Gasteiger partial charge is 0.305 e. The van der Waals surface area contributed by atoms with Crippen molar-refractivity contribution in [2.75, 3.05) is 26.4 Å². The number of rotatable bonds is 14. The lowest BCUT2D eigenvalue weighted by molar-refractivity contribution is -0.144. The van der Waals surface area contributed by atoms with Crippen LogP contribution in [-0.2, 0) is 19.1 Å². The van der Waals surface area contributed by atoms with Gasteiger partial charge in [-0.05, 0) is 75.2 Å². The monoisotopic (exact) mass is 442 g/mol. The van der Waals surface area contributed by atoms with Crippen molar-refractivity contribution in [2.24, 2.45) is 10.2 Å². The van der Waals surface area contributed by atoms with E-state index in [1.165, 1.54) is 0 Å². The van der Waals surface area contributed by atoms with Gasteiger partial charge in [0.25, 0.3) is 0 Å². The molecule has 0 atom stereocenters. The van der Waals surface area contributed by atoms with E-state index in [4.69, 9.17) is 18.9 Å². The number of carbonyl (C=O) groups is 2. The molecule has 0 aliphatic heterocycles. The predicted molar refractivity (Wildman–Crippen MR) is 120 cm³/mol. The molecule has 0 unspecified atom stereocenters. The van der Waals surface area contributed by atoms with Gasteiger partial charge in [-0.2, -0.15) is 10.2 Å². The fraction of sp³-hybridized carbons (Fsp3) is 0.417. The van der Waals surface area contributed by atoms with Crippen LogP contribution in [0.4, 0.5) is 11.4 Å². The number of ether oxygens (including phenoxy) is 4. The molecule has 0 saturated heterocycles. The molecule has 0 aliphatic rings. The van der Waals surface area contributed by atoms with Gasteiger partial charge >= 0.3 is 11.9 Å². The van der Waals surface area contributed by atoms with Gasteiger partial charge in [-0.1, -0.05) is 0 Å². The normalized spacial score (nSPS) is 10.7. The van der Waals surface area contributed by atoms with E-state index in [1.807, 2.05) is 48.5 Å². The van der Waals surface area contributed by atoms with E-state index in [0.29, 0.717) is 75.0 Å². The molecule has 8 nitrogen and oxygen atoms in total. The lowest BCUT2D eigenvalue weighted by Crippen LogP contribution is -2.06. The molecule has 0 spiro atoms. The van der Waals surface area contributed by atoms with Gasteiger partial charge in [0.15, 0.2) is 0 Å². The topological polar surface area (TPSA) is 95.8 Å². The zero-order chi connectivity index (χ0) is 23.0. The lowest BCUT2D eigenvalue weighted by Gasteiger charge is -2.06. The Morgan fingerprint density at radius 2 is 1.03 bits per heavy atom. The molecule has 0 aromatic heterocycles. The average Bonchev–Trinajstić information content (AvgIpc) is 2.80. The third-order valence-corrected chi connectivity index (χ3v) is 4.15. The van der Waals surface area contributed by atoms with Crippen LogP contribution in [-0.4, -0.2) is 38.4 Å². The third-order valence-electron chi connectivity index (χ3n) is 4.15. The summed E-state index contributed by atoms with van der Waals surface area (Å²) in [6.07, 6.45) is 1.89. The molecule has 2 rings (SSSR count). The highest BCUT2D eigenvalue weighted by Gasteiger charge is 2.03. The molecular formula is C24H30N2O6. The molecule has 0 heterocycles. The molecule has 0 bridgehead atoms. The molecular weight excluding hydrogens is 412 g/mol. The minimum absolute atomic E-state index is 0.208. The number of esters is 2. The number of nitrogens with zero attached hydrogens (tertiary/aromatic N) is 2. The number of carbonyl (C=O) groups excluding carboxylic acids is 2. The summed E-state index contributed by atoms with van der Waals surface area (Å²) in [6, 6.07) is 14.5. The number of hydrogen-bond donors (Lipinski definition) is 0. The van der Waals surface area contributed by atoms with Crippen LogP contribution in [0, 0.1) is 0 Å². The van der Waals surface area contributed by atoms with Crippen molar-refractivity contribution in [3.05, 3.63) is 48.5 Å². The molecule has 0 N–H and O–H groups in total. The summed E-state index contributed by atoms with van der Waals surface area (Å²) >= 11 is 0. The second-order valence-corrected chi connectivity index (χ2v) is 6.70. The largest absolute Gasteiger partial charge is 0.494 e. The van der Waals surface area contributed by atoms with E-state index < -0.39 is 0 Å². The van der Waals surface area contributed by atoms with Crippen molar-refractivity contribution in [1.29, 1.82) is 0 Å². The molecule has 0 saturated carbocycles. The average molecular weight is 443 g/mol. The van der Waals surface area contributed by atoms with Crippen molar-refractivity contribution >= 4 is 23.3 Å². The van der Waals surface area contributed by atoms with Crippen LogP contribution >= 0.6 is 0 Å². The Bertz CT molecular complexity index is 778. The van der Waals surface area contributed by atoms with Crippen molar-refractivity contribution < 1.29 is 28.5 Å². The Labute approximate surface area is 188 Å². The van der Waals surface area contributed by atoms with Crippen LogP contribution in [0.2, 0.25) is 0 Å². The standard InChI is InChI=1S/C24H30N2O6/c1-3-29-23(27)7-5-17-31-21-13-9-19(10-14-21)25-26-20-11-15-22(16-12-20)32-18-6-8-24(28)30-4-2/h9-16H,3-8,17-18H2,1-2H3. The van der Waals surface area contributed by atoms with E-state index >= 15 is 0 Å². The van der Waals surface area contributed by atoms with Crippen LogP contribution in [0.1, 0.15) is 39.5 Å². The van der Waals surface area contributed by atoms with Gasteiger partial charge in [0.05, 0.1) is 37.8 Å². The maximum absolute atomic E-state index is 11.3. The summed E-state index contributed by atoms with van der Waals surface area (Å²) < 4.78 is 21.0. The SMILES string of the molecule is CCOC(=O)CCCOc1ccc(N=Nc2ccc(OCCCC(=O)OCC)cc2)cc1. The number of hydrogen-bond acceptors (Lipinski definition) is 8. The van der Waals surface area contributed by atoms with Crippen molar-refractivity contribution in [3.63, 3.8) is 0 Å². The third kappa shape index (κ3) is 10.1. The Kier molecular flexibility index (Phi) is 11.3. The Morgan fingerprint density at radius 1 is 0.656 bits per heavy atom. The zero-order valence-corrected chi connectivity index (χ0v) is 18.6. The van der Waals surface area contributed by atoms with Gasteiger partial charge in [0.1, 0.15) is 11.5 Å². The predicted octanol–water partition coefficient (Wildman–Crippen LogP) is 5.55. The molecule has 0 fully saturated rings. The van der Waals surface area contributed by atoms with E-state index in [-0.39, 0.29) is 11.9 Å². The molecule has 2 aromatic carbocycles. The maximum atomic E-state index is 11.3. The van der Waals surface area contributed by atoms with E-state index in [0.717, 1.165) is 0 Å². The van der Waals surface area contributed by atoms with Gasteiger partial charge in [-0.25, -0.2) is 0 Å². The summed E-state index contributed by atoms with van der Waals surface area (Å²) in [7, 11) is 0. The zero-order valence-electron chi connectivity index (χ0n) is 18.6. The maximum Gasteiger partial charge on any atom is 0.305 e. The summed E-state index contributed by atoms with van der Waals surface area (Å²) in [4.78, 5) is 22.6. The fourth-order valence-electron chi connectivity index (χ4n) is 2.61. The van der Waals surface area contributed by atoms with Gasteiger partial charge < -0.3 is 18.9 Å². The molecule has 172 valence electrons. The highest BCUT2D eigenvalue weighted by molar-refractivity contribution is 5.69. The Balaban J connectivity index is 1.71. The molecule has 8 heteroatoms. The van der Waals surface area contributed by atoms with E-state index in [1.54, 1.807) is 13.8 Å². The van der Waals surface area contributed by atoms with Crippen LogP contribution in [0.3, 0.4) is 0 Å². The molecule has 32 heavy (non-hydrogen) atoms. The molecule has 2 aromatic rings. The van der Waals surface area contributed by atoms with Crippen LogP contribution < -0.4 is 9.47 Å². The van der Waals surface area contributed by atoms with Crippen LogP contribution in [0.25, 0.3) is 0 Å².